The summed E-state index contributed by atoms with van der Waals surface area (Å²) >= 11 is 0. The van der Waals surface area contributed by atoms with Crippen LogP contribution in [0.3, 0.4) is 0 Å². The van der Waals surface area contributed by atoms with Crippen LogP contribution in [0.25, 0.3) is 0 Å². The Morgan fingerprint density at radius 2 is 1.19 bits per heavy atom. The Kier molecular flexibility index (Phi) is 6.33. The van der Waals surface area contributed by atoms with Crippen molar-refractivity contribution in [3.8, 4) is 0 Å². The number of benzene rings is 2. The molecule has 0 aliphatic carbocycles. The van der Waals surface area contributed by atoms with Gasteiger partial charge in [0.15, 0.2) is 0 Å². The van der Waals surface area contributed by atoms with Gasteiger partial charge in [-0.1, -0.05) is 51.0 Å². The lowest BCUT2D eigenvalue weighted by Gasteiger charge is -2.10. The maximum atomic E-state index is 3.54. The van der Waals surface area contributed by atoms with Gasteiger partial charge < -0.3 is 5.32 Å². The van der Waals surface area contributed by atoms with Gasteiger partial charge in [-0.15, -0.1) is 0 Å². The van der Waals surface area contributed by atoms with Crippen LogP contribution in [0.15, 0.2) is 48.5 Å². The van der Waals surface area contributed by atoms with Crippen molar-refractivity contribution < 1.29 is 0 Å². The van der Waals surface area contributed by atoms with Crippen LogP contribution in [0.5, 0.6) is 0 Å². The number of anilines is 2. The average molecular weight is 281 g/mol. The smallest absolute Gasteiger partial charge is 0.0386 e. The Morgan fingerprint density at radius 3 is 1.62 bits per heavy atom. The van der Waals surface area contributed by atoms with Crippen molar-refractivity contribution in [1.82, 2.24) is 0 Å². The predicted molar refractivity (Wildman–Crippen MR) is 93.4 cm³/mol. The van der Waals surface area contributed by atoms with Gasteiger partial charge in [0, 0.05) is 11.4 Å². The van der Waals surface area contributed by atoms with Crippen molar-refractivity contribution in [2.75, 3.05) is 5.32 Å². The highest BCUT2D eigenvalue weighted by Gasteiger charge is 1.99. The van der Waals surface area contributed by atoms with Crippen LogP contribution in [0.1, 0.15) is 50.7 Å². The van der Waals surface area contributed by atoms with Crippen molar-refractivity contribution in [1.29, 1.82) is 0 Å². The number of nitrogens with one attached hydrogen (secondary N) is 1. The van der Waals surface area contributed by atoms with Crippen molar-refractivity contribution in [3.05, 3.63) is 59.7 Å². The maximum absolute atomic E-state index is 3.54. The van der Waals surface area contributed by atoms with Crippen LogP contribution in [0, 0.1) is 0 Å². The minimum Gasteiger partial charge on any atom is -0.356 e. The highest BCUT2D eigenvalue weighted by atomic mass is 14.9. The fourth-order valence-corrected chi connectivity index (χ4v) is 2.54. The summed E-state index contributed by atoms with van der Waals surface area (Å²) in [4.78, 5) is 0. The van der Waals surface area contributed by atoms with Gasteiger partial charge in [0.05, 0.1) is 0 Å². The minimum atomic E-state index is 1.17. The molecule has 0 aliphatic rings. The molecule has 0 aliphatic heterocycles. The zero-order chi connectivity index (χ0) is 14.9. The van der Waals surface area contributed by atoms with Crippen LogP contribution in [0.2, 0.25) is 0 Å². The van der Waals surface area contributed by atoms with Crippen molar-refractivity contribution in [2.24, 2.45) is 0 Å². The third-order valence-corrected chi connectivity index (χ3v) is 3.78. The second-order valence-corrected chi connectivity index (χ2v) is 5.73. The standard InChI is InChI=1S/C20H27N/c1-3-5-9-17-11-7-13-19(15-17)21-20-14-8-12-18(16-20)10-6-4-2/h7-8,11-16,21H,3-6,9-10H2,1-2H3. The summed E-state index contributed by atoms with van der Waals surface area (Å²) in [6.45, 7) is 4.48. The number of unbranched alkanes of at least 4 members (excludes halogenated alkanes) is 2. The molecule has 0 saturated heterocycles. The van der Waals surface area contributed by atoms with E-state index < -0.39 is 0 Å². The molecular formula is C20H27N. The lowest BCUT2D eigenvalue weighted by molar-refractivity contribution is 0.795. The molecule has 1 nitrogen and oxygen atoms in total. The normalized spacial score (nSPS) is 10.6. The van der Waals surface area contributed by atoms with Crippen LogP contribution in [-0.4, -0.2) is 0 Å². The third kappa shape index (κ3) is 5.26. The van der Waals surface area contributed by atoms with E-state index in [-0.39, 0.29) is 0 Å². The monoisotopic (exact) mass is 281 g/mol. The molecule has 0 saturated carbocycles. The van der Waals surface area contributed by atoms with Crippen LogP contribution >= 0.6 is 0 Å². The summed E-state index contributed by atoms with van der Waals surface area (Å²) in [6.07, 6.45) is 7.35. The van der Waals surface area contributed by atoms with Gasteiger partial charge in [0.1, 0.15) is 0 Å². The lowest BCUT2D eigenvalue weighted by Crippen LogP contribution is -1.94. The van der Waals surface area contributed by atoms with Crippen molar-refractivity contribution >= 4 is 11.4 Å². The van der Waals surface area contributed by atoms with Gasteiger partial charge in [-0.25, -0.2) is 0 Å². The second kappa shape index (κ2) is 8.51. The Labute approximate surface area is 129 Å². The molecule has 2 rings (SSSR count). The molecule has 1 N–H and O–H groups in total. The van der Waals surface area contributed by atoms with Gasteiger partial charge in [-0.2, -0.15) is 0 Å². The number of rotatable bonds is 8. The van der Waals surface area contributed by atoms with E-state index in [1.54, 1.807) is 0 Å². The van der Waals surface area contributed by atoms with Gasteiger partial charge >= 0.3 is 0 Å². The third-order valence-electron chi connectivity index (χ3n) is 3.78. The summed E-state index contributed by atoms with van der Waals surface area (Å²) in [5.41, 5.74) is 5.22. The topological polar surface area (TPSA) is 12.0 Å². The zero-order valence-corrected chi connectivity index (χ0v) is 13.4. The van der Waals surface area contributed by atoms with Crippen LogP contribution < -0.4 is 5.32 Å². The summed E-state index contributed by atoms with van der Waals surface area (Å²) < 4.78 is 0. The molecule has 0 bridgehead atoms. The molecule has 0 aromatic heterocycles. The molecule has 0 amide bonds. The van der Waals surface area contributed by atoms with Gasteiger partial charge in [-0.05, 0) is 61.1 Å². The second-order valence-electron chi connectivity index (χ2n) is 5.73. The SMILES string of the molecule is CCCCc1cccc(Nc2cccc(CCCC)c2)c1. The Morgan fingerprint density at radius 1 is 0.714 bits per heavy atom. The van der Waals surface area contributed by atoms with E-state index in [9.17, 15) is 0 Å². The maximum Gasteiger partial charge on any atom is 0.0386 e. The van der Waals surface area contributed by atoms with Gasteiger partial charge in [0.2, 0.25) is 0 Å². The summed E-state index contributed by atoms with van der Waals surface area (Å²) in [5.74, 6) is 0. The molecule has 21 heavy (non-hydrogen) atoms. The van der Waals surface area contributed by atoms with Crippen molar-refractivity contribution in [3.63, 3.8) is 0 Å². The van der Waals surface area contributed by atoms with Gasteiger partial charge in [-0.3, -0.25) is 0 Å². The molecule has 0 heterocycles. The van der Waals surface area contributed by atoms with E-state index in [4.69, 9.17) is 0 Å². The van der Waals surface area contributed by atoms with Crippen LogP contribution in [-0.2, 0) is 12.8 Å². The first-order valence-corrected chi connectivity index (χ1v) is 8.26. The van der Waals surface area contributed by atoms with E-state index in [2.05, 4.69) is 67.7 Å². The highest BCUT2D eigenvalue weighted by Crippen LogP contribution is 2.20. The fraction of sp³-hybridized carbons (Fsp3) is 0.400. The first kappa shape index (κ1) is 15.6. The highest BCUT2D eigenvalue weighted by molar-refractivity contribution is 5.61. The van der Waals surface area contributed by atoms with E-state index in [1.165, 1.54) is 61.0 Å². The van der Waals surface area contributed by atoms with E-state index in [0.717, 1.165) is 0 Å². The number of hydrogen-bond donors (Lipinski definition) is 1. The first-order chi connectivity index (χ1) is 10.3. The first-order valence-electron chi connectivity index (χ1n) is 8.26. The fourth-order valence-electron chi connectivity index (χ4n) is 2.54. The Balaban J connectivity index is 2.03. The van der Waals surface area contributed by atoms with Gasteiger partial charge in [0.25, 0.3) is 0 Å². The molecule has 0 spiro atoms. The predicted octanol–water partition coefficient (Wildman–Crippen LogP) is 6.12. The molecule has 2 aromatic rings. The van der Waals surface area contributed by atoms with E-state index >= 15 is 0 Å². The van der Waals surface area contributed by atoms with E-state index in [0.29, 0.717) is 0 Å². The summed E-state index contributed by atoms with van der Waals surface area (Å²) in [5, 5.41) is 3.54. The minimum absolute atomic E-state index is 1.17. The molecule has 0 fully saturated rings. The average Bonchev–Trinajstić information content (AvgIpc) is 2.52. The number of aryl methyl sites for hydroxylation is 2. The summed E-state index contributed by atoms with van der Waals surface area (Å²) in [7, 11) is 0. The molecule has 2 aromatic carbocycles. The molecule has 0 unspecified atom stereocenters. The van der Waals surface area contributed by atoms with Crippen LogP contribution in [0.4, 0.5) is 11.4 Å². The Bertz CT molecular complexity index is 496. The zero-order valence-electron chi connectivity index (χ0n) is 13.4. The number of hydrogen-bond acceptors (Lipinski definition) is 1. The lowest BCUT2D eigenvalue weighted by atomic mass is 10.1. The largest absolute Gasteiger partial charge is 0.356 e. The Hall–Kier alpha value is -1.76. The molecule has 112 valence electrons. The van der Waals surface area contributed by atoms with Crippen molar-refractivity contribution in [2.45, 2.75) is 52.4 Å². The molecule has 0 radical (unpaired) electrons. The van der Waals surface area contributed by atoms with E-state index in [1.807, 2.05) is 0 Å². The molecule has 1 heteroatoms. The summed E-state index contributed by atoms with van der Waals surface area (Å²) in [6, 6.07) is 17.6. The quantitative estimate of drug-likeness (QED) is 0.615. The molecular weight excluding hydrogens is 254 g/mol. The molecule has 0 atom stereocenters.